The second-order valence-corrected chi connectivity index (χ2v) is 5.93. The molecule has 18 heavy (non-hydrogen) atoms. The van der Waals surface area contributed by atoms with Gasteiger partial charge in [-0.1, -0.05) is 27.5 Å². The van der Waals surface area contributed by atoms with E-state index in [0.29, 0.717) is 26.3 Å². The summed E-state index contributed by atoms with van der Waals surface area (Å²) in [6, 6.07) is 10.2. The first-order valence-electron chi connectivity index (χ1n) is 5.03. The van der Waals surface area contributed by atoms with Gasteiger partial charge in [0.05, 0.1) is 0 Å². The Morgan fingerprint density at radius 3 is 2.39 bits per heavy atom. The van der Waals surface area contributed by atoms with Gasteiger partial charge in [0.1, 0.15) is 0 Å². The van der Waals surface area contributed by atoms with E-state index in [1.54, 1.807) is 36.4 Å². The van der Waals surface area contributed by atoms with Crippen molar-refractivity contribution in [2.45, 2.75) is 0 Å². The van der Waals surface area contributed by atoms with E-state index in [1.807, 2.05) is 0 Å². The molecular formula is C13H8Br2ClNO. The van der Waals surface area contributed by atoms with Crippen LogP contribution in [0.4, 0.5) is 5.69 Å². The number of hydrogen-bond acceptors (Lipinski definition) is 2. The first-order valence-corrected chi connectivity index (χ1v) is 6.99. The largest absolute Gasteiger partial charge is 0.398 e. The summed E-state index contributed by atoms with van der Waals surface area (Å²) in [5.41, 5.74) is 7.38. The standard InChI is InChI=1S/C13H8Br2ClNO/c14-9-3-8(4-10(16)6-9)13(18)7-1-2-12(17)11(15)5-7/h1-6H,17H2. The minimum Gasteiger partial charge on any atom is -0.398 e. The number of ketones is 1. The number of nitrogen functional groups attached to an aromatic ring is 1. The number of rotatable bonds is 2. The monoisotopic (exact) mass is 387 g/mol. The molecule has 5 heteroatoms. The molecule has 0 fully saturated rings. The Bertz CT molecular complexity index is 608. The smallest absolute Gasteiger partial charge is 0.193 e. The minimum atomic E-state index is -0.0982. The number of halogens is 3. The molecule has 0 radical (unpaired) electrons. The molecule has 0 saturated carbocycles. The van der Waals surface area contributed by atoms with Crippen LogP contribution in [-0.2, 0) is 0 Å². The van der Waals surface area contributed by atoms with Gasteiger partial charge in [0.15, 0.2) is 5.78 Å². The zero-order chi connectivity index (χ0) is 13.3. The van der Waals surface area contributed by atoms with Crippen molar-refractivity contribution in [3.8, 4) is 0 Å². The third-order valence-electron chi connectivity index (χ3n) is 2.39. The van der Waals surface area contributed by atoms with Crippen LogP contribution in [0.5, 0.6) is 0 Å². The van der Waals surface area contributed by atoms with Gasteiger partial charge in [-0.2, -0.15) is 0 Å². The molecule has 2 aromatic rings. The number of nitrogens with two attached hydrogens (primary N) is 1. The van der Waals surface area contributed by atoms with Crippen molar-refractivity contribution < 1.29 is 4.79 Å². The minimum absolute atomic E-state index is 0.0982. The van der Waals surface area contributed by atoms with Gasteiger partial charge in [0.2, 0.25) is 0 Å². The van der Waals surface area contributed by atoms with Crippen molar-refractivity contribution in [3.05, 3.63) is 61.5 Å². The molecular weight excluding hydrogens is 381 g/mol. The van der Waals surface area contributed by atoms with E-state index in [0.717, 1.165) is 4.47 Å². The fourth-order valence-electron chi connectivity index (χ4n) is 1.52. The predicted octanol–water partition coefficient (Wildman–Crippen LogP) is 4.68. The van der Waals surface area contributed by atoms with Crippen LogP contribution in [0.25, 0.3) is 0 Å². The normalized spacial score (nSPS) is 10.4. The van der Waals surface area contributed by atoms with E-state index in [-0.39, 0.29) is 5.78 Å². The molecule has 0 amide bonds. The number of carbonyl (C=O) groups is 1. The SMILES string of the molecule is Nc1ccc(C(=O)c2cc(Cl)cc(Br)c2)cc1Br. The molecule has 0 aromatic heterocycles. The highest BCUT2D eigenvalue weighted by Gasteiger charge is 2.11. The maximum atomic E-state index is 12.3. The molecule has 0 unspecified atom stereocenters. The van der Waals surface area contributed by atoms with Gasteiger partial charge in [-0.3, -0.25) is 4.79 Å². The van der Waals surface area contributed by atoms with Gasteiger partial charge in [-0.25, -0.2) is 0 Å². The van der Waals surface area contributed by atoms with E-state index in [9.17, 15) is 4.79 Å². The lowest BCUT2D eigenvalue weighted by Crippen LogP contribution is -2.02. The Hall–Kier alpha value is -0.840. The zero-order valence-corrected chi connectivity index (χ0v) is 13.0. The number of carbonyl (C=O) groups excluding carboxylic acids is 1. The third-order valence-corrected chi connectivity index (χ3v) is 3.75. The van der Waals surface area contributed by atoms with Gasteiger partial charge in [0.25, 0.3) is 0 Å². The quantitative estimate of drug-likeness (QED) is 0.599. The Kier molecular flexibility index (Phi) is 4.10. The van der Waals surface area contributed by atoms with Gasteiger partial charge < -0.3 is 5.73 Å². The maximum absolute atomic E-state index is 12.3. The van der Waals surface area contributed by atoms with Gasteiger partial charge in [-0.15, -0.1) is 0 Å². The summed E-state index contributed by atoms with van der Waals surface area (Å²) in [4.78, 5) is 12.3. The summed E-state index contributed by atoms with van der Waals surface area (Å²) in [5, 5.41) is 0.516. The van der Waals surface area contributed by atoms with Crippen LogP contribution >= 0.6 is 43.5 Å². The maximum Gasteiger partial charge on any atom is 0.193 e. The second kappa shape index (κ2) is 5.43. The average molecular weight is 389 g/mol. The van der Waals surface area contributed by atoms with Gasteiger partial charge in [-0.05, 0) is 52.3 Å². The average Bonchev–Trinajstić information content (AvgIpc) is 2.30. The highest BCUT2D eigenvalue weighted by Crippen LogP contribution is 2.25. The summed E-state index contributed by atoms with van der Waals surface area (Å²) < 4.78 is 1.47. The summed E-state index contributed by atoms with van der Waals surface area (Å²) in [6.07, 6.45) is 0. The van der Waals surface area contributed by atoms with Crippen molar-refractivity contribution in [2.75, 3.05) is 5.73 Å². The second-order valence-electron chi connectivity index (χ2n) is 3.72. The highest BCUT2D eigenvalue weighted by atomic mass is 79.9. The summed E-state index contributed by atoms with van der Waals surface area (Å²) in [7, 11) is 0. The first-order chi connectivity index (χ1) is 8.47. The van der Waals surface area contributed by atoms with Crippen LogP contribution in [0.1, 0.15) is 15.9 Å². The van der Waals surface area contributed by atoms with Crippen molar-refractivity contribution in [1.29, 1.82) is 0 Å². The van der Waals surface area contributed by atoms with Gasteiger partial charge in [0, 0.05) is 30.8 Å². The number of benzene rings is 2. The molecule has 92 valence electrons. The molecule has 2 nitrogen and oxygen atoms in total. The molecule has 2 rings (SSSR count). The topological polar surface area (TPSA) is 43.1 Å². The van der Waals surface area contributed by atoms with E-state index >= 15 is 0 Å². The van der Waals surface area contributed by atoms with Crippen LogP contribution in [0.3, 0.4) is 0 Å². The van der Waals surface area contributed by atoms with Crippen molar-refractivity contribution in [3.63, 3.8) is 0 Å². The van der Waals surface area contributed by atoms with Crippen molar-refractivity contribution >= 4 is 54.9 Å². The lowest BCUT2D eigenvalue weighted by atomic mass is 10.0. The Morgan fingerprint density at radius 2 is 1.78 bits per heavy atom. The molecule has 2 N–H and O–H groups in total. The van der Waals surface area contributed by atoms with Crippen LogP contribution in [-0.4, -0.2) is 5.78 Å². The third kappa shape index (κ3) is 2.94. The Balaban J connectivity index is 2.44. The molecule has 0 heterocycles. The number of hydrogen-bond donors (Lipinski definition) is 1. The molecule has 0 atom stereocenters. The lowest BCUT2D eigenvalue weighted by Gasteiger charge is -2.05. The van der Waals surface area contributed by atoms with Crippen molar-refractivity contribution in [1.82, 2.24) is 0 Å². The lowest BCUT2D eigenvalue weighted by molar-refractivity contribution is 0.103. The Morgan fingerprint density at radius 1 is 1.06 bits per heavy atom. The Labute approximate surface area is 126 Å². The van der Waals surface area contributed by atoms with Crippen LogP contribution in [0, 0.1) is 0 Å². The van der Waals surface area contributed by atoms with Crippen molar-refractivity contribution in [2.24, 2.45) is 0 Å². The van der Waals surface area contributed by atoms with E-state index in [1.165, 1.54) is 0 Å². The van der Waals surface area contributed by atoms with E-state index in [2.05, 4.69) is 31.9 Å². The van der Waals surface area contributed by atoms with Crippen LogP contribution in [0.15, 0.2) is 45.3 Å². The number of anilines is 1. The summed E-state index contributed by atoms with van der Waals surface area (Å²) in [6.45, 7) is 0. The van der Waals surface area contributed by atoms with Crippen LogP contribution < -0.4 is 5.73 Å². The molecule has 0 spiro atoms. The first kappa shape index (κ1) is 13.6. The highest BCUT2D eigenvalue weighted by molar-refractivity contribution is 9.10. The fourth-order valence-corrected chi connectivity index (χ4v) is 2.76. The van der Waals surface area contributed by atoms with E-state index < -0.39 is 0 Å². The predicted molar refractivity (Wildman–Crippen MR) is 81.1 cm³/mol. The molecule has 0 bridgehead atoms. The van der Waals surface area contributed by atoms with Crippen LogP contribution in [0.2, 0.25) is 5.02 Å². The molecule has 0 saturated heterocycles. The van der Waals surface area contributed by atoms with Gasteiger partial charge >= 0.3 is 0 Å². The molecule has 0 aliphatic rings. The molecule has 0 aliphatic heterocycles. The summed E-state index contributed by atoms with van der Waals surface area (Å²) in [5.74, 6) is -0.0982. The zero-order valence-electron chi connectivity index (χ0n) is 9.08. The van der Waals surface area contributed by atoms with E-state index in [4.69, 9.17) is 17.3 Å². The fraction of sp³-hybridized carbons (Fsp3) is 0. The molecule has 2 aromatic carbocycles. The summed E-state index contributed by atoms with van der Waals surface area (Å²) >= 11 is 12.5. The molecule has 0 aliphatic carbocycles.